The normalized spacial score (nSPS) is 28.5. The summed E-state index contributed by atoms with van der Waals surface area (Å²) in [5.74, 6) is -0.305. The highest BCUT2D eigenvalue weighted by molar-refractivity contribution is 6.72. The van der Waals surface area contributed by atoms with Crippen LogP contribution in [0.5, 0.6) is 0 Å². The fourth-order valence-electron chi connectivity index (χ4n) is 2.10. The molecule has 1 aliphatic rings. The molecular weight excluding hydrogens is 220 g/mol. The van der Waals surface area contributed by atoms with Gasteiger partial charge in [-0.05, 0) is 39.8 Å². The van der Waals surface area contributed by atoms with Gasteiger partial charge in [-0.3, -0.25) is 0 Å². The van der Waals surface area contributed by atoms with E-state index in [1.807, 2.05) is 0 Å². The predicted octanol–water partition coefficient (Wildman–Crippen LogP) is 2.81. The van der Waals surface area contributed by atoms with Gasteiger partial charge in [-0.25, -0.2) is 4.79 Å². The predicted molar refractivity (Wildman–Crippen MR) is 66.6 cm³/mol. The summed E-state index contributed by atoms with van der Waals surface area (Å²) in [6.07, 6.45) is 2.70. The second-order valence-corrected chi connectivity index (χ2v) is 9.41. The number of ether oxygens (including phenoxy) is 1. The van der Waals surface area contributed by atoms with Gasteiger partial charge in [-0.1, -0.05) is 13.0 Å². The molecule has 1 saturated heterocycles. The lowest BCUT2D eigenvalue weighted by atomic mass is 10.0. The van der Waals surface area contributed by atoms with Crippen molar-refractivity contribution in [2.75, 3.05) is 6.23 Å². The largest absolute Gasteiger partial charge is 0.463 e. The number of hydrogen-bond donors (Lipinski definition) is 0. The standard InChI is InChI=1S/C12H22O3Si/c1-10(2)11(13)14-9-16(5)8-6-7-12(3,4)15-16/h1,6-9H2,2-5H3. The van der Waals surface area contributed by atoms with Gasteiger partial charge in [0, 0.05) is 5.57 Å². The average Bonchev–Trinajstić information content (AvgIpc) is 2.12. The van der Waals surface area contributed by atoms with Crippen molar-refractivity contribution in [1.82, 2.24) is 0 Å². The number of hydrogen-bond acceptors (Lipinski definition) is 3. The first-order chi connectivity index (χ1) is 7.24. The Labute approximate surface area is 99.0 Å². The van der Waals surface area contributed by atoms with E-state index in [1.165, 1.54) is 6.42 Å². The molecule has 92 valence electrons. The zero-order valence-electron chi connectivity index (χ0n) is 10.8. The van der Waals surface area contributed by atoms with Crippen LogP contribution < -0.4 is 0 Å². The molecule has 1 heterocycles. The third-order valence-electron chi connectivity index (χ3n) is 2.86. The maximum Gasteiger partial charge on any atom is 0.332 e. The molecule has 16 heavy (non-hydrogen) atoms. The molecule has 0 aromatic carbocycles. The summed E-state index contributed by atoms with van der Waals surface area (Å²) >= 11 is 0. The molecular formula is C12H22O3Si. The molecule has 0 bridgehead atoms. The molecule has 1 atom stereocenters. The van der Waals surface area contributed by atoms with Gasteiger partial charge in [0.25, 0.3) is 0 Å². The van der Waals surface area contributed by atoms with Gasteiger partial charge < -0.3 is 9.16 Å². The number of rotatable bonds is 3. The minimum Gasteiger partial charge on any atom is -0.463 e. The molecule has 3 nitrogen and oxygen atoms in total. The number of esters is 1. The van der Waals surface area contributed by atoms with Crippen LogP contribution in [0.25, 0.3) is 0 Å². The maximum atomic E-state index is 11.3. The van der Waals surface area contributed by atoms with Gasteiger partial charge in [-0.15, -0.1) is 0 Å². The summed E-state index contributed by atoms with van der Waals surface area (Å²) in [7, 11) is -1.86. The Morgan fingerprint density at radius 2 is 2.19 bits per heavy atom. The highest BCUT2D eigenvalue weighted by atomic mass is 28.4. The van der Waals surface area contributed by atoms with Crippen LogP contribution in [-0.4, -0.2) is 26.1 Å². The topological polar surface area (TPSA) is 35.5 Å². The third kappa shape index (κ3) is 3.76. The molecule has 0 N–H and O–H groups in total. The van der Waals surface area contributed by atoms with Crippen molar-refractivity contribution in [2.24, 2.45) is 0 Å². The molecule has 1 unspecified atom stereocenters. The summed E-state index contributed by atoms with van der Waals surface area (Å²) in [5, 5.41) is 0. The summed E-state index contributed by atoms with van der Waals surface area (Å²) in [6.45, 7) is 11.6. The second-order valence-electron chi connectivity index (χ2n) is 5.52. The van der Waals surface area contributed by atoms with Crippen molar-refractivity contribution in [1.29, 1.82) is 0 Å². The van der Waals surface area contributed by atoms with E-state index in [0.29, 0.717) is 11.8 Å². The van der Waals surface area contributed by atoms with Crippen LogP contribution >= 0.6 is 0 Å². The smallest absolute Gasteiger partial charge is 0.332 e. The van der Waals surface area contributed by atoms with E-state index in [-0.39, 0.29) is 11.6 Å². The molecule has 0 saturated carbocycles. The van der Waals surface area contributed by atoms with E-state index in [2.05, 4.69) is 27.0 Å². The summed E-state index contributed by atoms with van der Waals surface area (Å²) in [5.41, 5.74) is 0.391. The molecule has 1 rings (SSSR count). The Kier molecular flexibility index (Phi) is 3.96. The first kappa shape index (κ1) is 13.5. The van der Waals surface area contributed by atoms with Crippen molar-refractivity contribution in [2.45, 2.75) is 51.8 Å². The monoisotopic (exact) mass is 242 g/mol. The average molecular weight is 242 g/mol. The SMILES string of the molecule is C=C(C)C(=O)OC[Si]1(C)CCCC(C)(C)O1. The molecule has 0 aliphatic carbocycles. The van der Waals surface area contributed by atoms with Gasteiger partial charge >= 0.3 is 5.97 Å². The molecule has 1 fully saturated rings. The van der Waals surface area contributed by atoms with E-state index >= 15 is 0 Å². The zero-order chi connectivity index (χ0) is 12.4. The number of carbonyl (C=O) groups excluding carboxylic acids is 1. The van der Waals surface area contributed by atoms with Crippen LogP contribution in [0.4, 0.5) is 0 Å². The number of carbonyl (C=O) groups is 1. The third-order valence-corrected chi connectivity index (χ3v) is 6.08. The summed E-state index contributed by atoms with van der Waals surface area (Å²) in [6, 6.07) is 1.07. The fraction of sp³-hybridized carbons (Fsp3) is 0.750. The molecule has 0 amide bonds. The van der Waals surface area contributed by atoms with Crippen molar-refractivity contribution in [3.05, 3.63) is 12.2 Å². The minimum absolute atomic E-state index is 0.0607. The molecule has 0 radical (unpaired) electrons. The molecule has 0 aromatic rings. The van der Waals surface area contributed by atoms with Crippen LogP contribution in [0.2, 0.25) is 12.6 Å². The lowest BCUT2D eigenvalue weighted by molar-refractivity contribution is -0.137. The van der Waals surface area contributed by atoms with Crippen molar-refractivity contribution in [3.8, 4) is 0 Å². The molecule has 4 heteroatoms. The Balaban J connectivity index is 2.52. The Morgan fingerprint density at radius 3 is 2.69 bits per heavy atom. The van der Waals surface area contributed by atoms with E-state index < -0.39 is 8.32 Å². The van der Waals surface area contributed by atoms with Gasteiger partial charge in [-0.2, -0.15) is 0 Å². The van der Waals surface area contributed by atoms with Crippen molar-refractivity contribution < 1.29 is 14.0 Å². The van der Waals surface area contributed by atoms with E-state index in [0.717, 1.165) is 12.5 Å². The van der Waals surface area contributed by atoms with E-state index in [4.69, 9.17) is 9.16 Å². The highest BCUT2D eigenvalue weighted by Crippen LogP contribution is 2.33. The Morgan fingerprint density at radius 1 is 1.56 bits per heavy atom. The summed E-state index contributed by atoms with van der Waals surface area (Å²) < 4.78 is 11.4. The highest BCUT2D eigenvalue weighted by Gasteiger charge is 2.40. The quantitative estimate of drug-likeness (QED) is 0.434. The van der Waals surface area contributed by atoms with E-state index in [9.17, 15) is 4.79 Å². The van der Waals surface area contributed by atoms with Gasteiger partial charge in [0.15, 0.2) is 0 Å². The first-order valence-electron chi connectivity index (χ1n) is 5.77. The first-order valence-corrected chi connectivity index (χ1v) is 8.59. The summed E-state index contributed by atoms with van der Waals surface area (Å²) in [4.78, 5) is 11.3. The van der Waals surface area contributed by atoms with Crippen molar-refractivity contribution >= 4 is 14.3 Å². The van der Waals surface area contributed by atoms with Crippen LogP contribution in [0.3, 0.4) is 0 Å². The van der Waals surface area contributed by atoms with Crippen molar-refractivity contribution in [3.63, 3.8) is 0 Å². The second kappa shape index (κ2) is 4.71. The Bertz CT molecular complexity index is 299. The Hall–Kier alpha value is -0.613. The van der Waals surface area contributed by atoms with Gasteiger partial charge in [0.2, 0.25) is 8.32 Å². The van der Waals surface area contributed by atoms with Crippen LogP contribution in [-0.2, 0) is 14.0 Å². The molecule has 1 aliphatic heterocycles. The van der Waals surface area contributed by atoms with E-state index in [1.54, 1.807) is 6.92 Å². The van der Waals surface area contributed by atoms with Gasteiger partial charge in [0.1, 0.15) is 6.23 Å². The zero-order valence-corrected chi connectivity index (χ0v) is 11.8. The minimum atomic E-state index is -1.86. The fourth-order valence-corrected chi connectivity index (χ4v) is 5.20. The lowest BCUT2D eigenvalue weighted by Crippen LogP contribution is -2.51. The van der Waals surface area contributed by atoms with Crippen LogP contribution in [0.1, 0.15) is 33.6 Å². The van der Waals surface area contributed by atoms with Gasteiger partial charge in [0.05, 0.1) is 5.60 Å². The molecule has 0 aromatic heterocycles. The van der Waals surface area contributed by atoms with Crippen LogP contribution in [0.15, 0.2) is 12.2 Å². The maximum absolute atomic E-state index is 11.3. The molecule has 0 spiro atoms. The van der Waals surface area contributed by atoms with Crippen LogP contribution in [0, 0.1) is 0 Å². The lowest BCUT2D eigenvalue weighted by Gasteiger charge is -2.41.